The Morgan fingerprint density at radius 1 is 1.25 bits per heavy atom. The van der Waals surface area contributed by atoms with Gasteiger partial charge in [0.15, 0.2) is 0 Å². The number of halogens is 1. The van der Waals surface area contributed by atoms with Gasteiger partial charge in [-0.05, 0) is 74.1 Å². The largest absolute Gasteiger partial charge is 0.481 e. The van der Waals surface area contributed by atoms with Crippen molar-refractivity contribution in [1.82, 2.24) is 14.8 Å². The molecule has 36 heavy (non-hydrogen) atoms. The standard InChI is InChI=1S/C25H31FN4O5S/c1-14(2)19-10-18(26)11-20(21(19)12-23(31)32)17-7-8-28-22(9-17)35-13-25(5,6)30-16(4)24(15(3)29-30)36(27,33)34/h7-11,14H,12-13H2,1-6H3,(H,31,32)(H2,27,33,34). The summed E-state index contributed by atoms with van der Waals surface area (Å²) < 4.78 is 45.9. The molecule has 2 heterocycles. The van der Waals surface area contributed by atoms with Gasteiger partial charge >= 0.3 is 5.97 Å². The lowest BCUT2D eigenvalue weighted by atomic mass is 9.88. The molecule has 9 nitrogen and oxygen atoms in total. The van der Waals surface area contributed by atoms with Gasteiger partial charge in [0.05, 0.1) is 23.3 Å². The highest BCUT2D eigenvalue weighted by Gasteiger charge is 2.30. The second-order valence-electron chi connectivity index (χ2n) is 9.69. The van der Waals surface area contributed by atoms with Crippen LogP contribution in [-0.4, -0.2) is 40.9 Å². The van der Waals surface area contributed by atoms with E-state index >= 15 is 0 Å². The maximum atomic E-state index is 14.5. The first-order valence-electron chi connectivity index (χ1n) is 11.3. The maximum absolute atomic E-state index is 14.5. The van der Waals surface area contributed by atoms with Gasteiger partial charge in [0.2, 0.25) is 15.9 Å². The minimum absolute atomic E-state index is 0.0197. The van der Waals surface area contributed by atoms with Gasteiger partial charge in [-0.15, -0.1) is 0 Å². The van der Waals surface area contributed by atoms with Crippen LogP contribution in [0.15, 0.2) is 35.4 Å². The molecule has 3 aromatic rings. The number of ether oxygens (including phenoxy) is 1. The monoisotopic (exact) mass is 518 g/mol. The van der Waals surface area contributed by atoms with Crippen LogP contribution < -0.4 is 9.88 Å². The van der Waals surface area contributed by atoms with Crippen molar-refractivity contribution < 1.29 is 27.4 Å². The lowest BCUT2D eigenvalue weighted by Gasteiger charge is -2.27. The predicted molar refractivity (Wildman–Crippen MR) is 133 cm³/mol. The quantitative estimate of drug-likeness (QED) is 0.438. The zero-order valence-corrected chi connectivity index (χ0v) is 22.0. The highest BCUT2D eigenvalue weighted by molar-refractivity contribution is 7.89. The number of carboxylic acids is 1. The van der Waals surface area contributed by atoms with Crippen LogP contribution in [0.5, 0.6) is 5.88 Å². The van der Waals surface area contributed by atoms with Crippen LogP contribution in [0.2, 0.25) is 0 Å². The molecule has 0 atom stereocenters. The lowest BCUT2D eigenvalue weighted by molar-refractivity contribution is -0.136. The smallest absolute Gasteiger partial charge is 0.307 e. The molecule has 0 unspecified atom stereocenters. The van der Waals surface area contributed by atoms with Gasteiger partial charge in [-0.25, -0.2) is 22.9 Å². The summed E-state index contributed by atoms with van der Waals surface area (Å²) in [5, 5.41) is 19.2. The zero-order chi connectivity index (χ0) is 27.0. The van der Waals surface area contributed by atoms with Crippen molar-refractivity contribution in [3.63, 3.8) is 0 Å². The Morgan fingerprint density at radius 2 is 1.92 bits per heavy atom. The maximum Gasteiger partial charge on any atom is 0.307 e. The number of rotatable bonds is 9. The van der Waals surface area contributed by atoms with E-state index in [4.69, 9.17) is 9.88 Å². The summed E-state index contributed by atoms with van der Waals surface area (Å²) in [5.74, 6) is -1.31. The number of nitrogens with two attached hydrogens (primary N) is 1. The first-order chi connectivity index (χ1) is 16.6. The number of aromatic nitrogens is 3. The van der Waals surface area contributed by atoms with Crippen LogP contribution in [0.4, 0.5) is 4.39 Å². The highest BCUT2D eigenvalue weighted by Crippen LogP contribution is 2.33. The number of pyridine rings is 1. The Morgan fingerprint density at radius 3 is 2.47 bits per heavy atom. The van der Waals surface area contributed by atoms with Crippen molar-refractivity contribution in [2.75, 3.05) is 6.61 Å². The zero-order valence-electron chi connectivity index (χ0n) is 21.2. The molecule has 0 saturated carbocycles. The van der Waals surface area contributed by atoms with Gasteiger partial charge in [0.25, 0.3) is 0 Å². The molecule has 1 aromatic carbocycles. The highest BCUT2D eigenvalue weighted by atomic mass is 32.2. The molecule has 11 heteroatoms. The minimum atomic E-state index is -3.94. The first-order valence-corrected chi connectivity index (χ1v) is 12.9. The van der Waals surface area contributed by atoms with Gasteiger partial charge < -0.3 is 9.84 Å². The van der Waals surface area contributed by atoms with Crippen LogP contribution in [0.1, 0.15) is 56.1 Å². The topological polar surface area (TPSA) is 137 Å². The summed E-state index contributed by atoms with van der Waals surface area (Å²) in [6.45, 7) is 10.7. The number of sulfonamides is 1. The third-order valence-corrected chi connectivity index (χ3v) is 7.06. The number of carboxylic acid groups (broad SMARTS) is 1. The van der Waals surface area contributed by atoms with Crippen LogP contribution >= 0.6 is 0 Å². The van der Waals surface area contributed by atoms with Gasteiger partial charge in [-0.1, -0.05) is 13.8 Å². The van der Waals surface area contributed by atoms with E-state index < -0.39 is 27.3 Å². The molecular formula is C25H31FN4O5S. The average molecular weight is 519 g/mol. The molecule has 0 radical (unpaired) electrons. The number of benzene rings is 1. The van der Waals surface area contributed by atoms with Gasteiger partial charge in [0, 0.05) is 12.3 Å². The van der Waals surface area contributed by atoms with Gasteiger partial charge in [-0.3, -0.25) is 9.48 Å². The van der Waals surface area contributed by atoms with Crippen LogP contribution in [0.25, 0.3) is 11.1 Å². The van der Waals surface area contributed by atoms with E-state index in [1.807, 2.05) is 27.7 Å². The van der Waals surface area contributed by atoms with Crippen molar-refractivity contribution in [3.05, 3.63) is 58.8 Å². The molecule has 3 N–H and O–H groups in total. The number of aliphatic carboxylic acids is 1. The summed E-state index contributed by atoms with van der Waals surface area (Å²) in [4.78, 5) is 15.8. The van der Waals surface area contributed by atoms with E-state index in [9.17, 15) is 22.7 Å². The number of aryl methyl sites for hydroxylation is 1. The second-order valence-corrected chi connectivity index (χ2v) is 11.2. The number of primary sulfonamides is 1. The summed E-state index contributed by atoms with van der Waals surface area (Å²) in [6.07, 6.45) is 1.25. The van der Waals surface area contributed by atoms with Crippen molar-refractivity contribution in [3.8, 4) is 17.0 Å². The molecule has 2 aromatic heterocycles. The number of hydrogen-bond donors (Lipinski definition) is 2. The molecule has 0 aliphatic heterocycles. The van der Waals surface area contributed by atoms with Gasteiger partial charge in [-0.2, -0.15) is 5.10 Å². The summed E-state index contributed by atoms with van der Waals surface area (Å²) >= 11 is 0. The lowest BCUT2D eigenvalue weighted by Crippen LogP contribution is -2.35. The predicted octanol–water partition coefficient (Wildman–Crippen LogP) is 3.91. The van der Waals surface area contributed by atoms with Crippen molar-refractivity contribution >= 4 is 16.0 Å². The van der Waals surface area contributed by atoms with Crippen molar-refractivity contribution in [2.24, 2.45) is 5.14 Å². The SMILES string of the molecule is Cc1nn(C(C)(C)COc2cc(-c3cc(F)cc(C(C)C)c3CC(=O)O)ccn2)c(C)c1S(N)(=O)=O. The normalized spacial score (nSPS) is 12.2. The second kappa shape index (κ2) is 9.98. The van der Waals surface area contributed by atoms with E-state index in [-0.39, 0.29) is 29.7 Å². The summed E-state index contributed by atoms with van der Waals surface area (Å²) in [5.41, 5.74) is 2.11. The van der Waals surface area contributed by atoms with E-state index in [1.54, 1.807) is 30.7 Å². The molecule has 0 amide bonds. The van der Waals surface area contributed by atoms with E-state index in [2.05, 4.69) is 10.1 Å². The van der Waals surface area contributed by atoms with Gasteiger partial charge in [0.1, 0.15) is 17.3 Å². The fourth-order valence-electron chi connectivity index (χ4n) is 4.38. The van der Waals surface area contributed by atoms with Crippen LogP contribution in [0.3, 0.4) is 0 Å². The third kappa shape index (κ3) is 5.73. The van der Waals surface area contributed by atoms with E-state index in [0.29, 0.717) is 33.6 Å². The first kappa shape index (κ1) is 27.3. The fourth-order valence-corrected chi connectivity index (χ4v) is 5.33. The molecule has 0 spiro atoms. The minimum Gasteiger partial charge on any atom is -0.481 e. The van der Waals surface area contributed by atoms with Crippen molar-refractivity contribution in [1.29, 1.82) is 0 Å². The Balaban J connectivity index is 1.96. The molecule has 0 aliphatic rings. The number of nitrogens with zero attached hydrogens (tertiary/aromatic N) is 3. The van der Waals surface area contributed by atoms with Crippen LogP contribution in [0, 0.1) is 19.7 Å². The summed E-state index contributed by atoms with van der Waals surface area (Å²) in [7, 11) is -3.94. The molecule has 0 aliphatic carbocycles. The van der Waals surface area contributed by atoms with Crippen molar-refractivity contribution in [2.45, 2.75) is 64.3 Å². The number of hydrogen-bond acceptors (Lipinski definition) is 6. The molecule has 0 fully saturated rings. The average Bonchev–Trinajstić information content (AvgIpc) is 3.08. The molecular weight excluding hydrogens is 487 g/mol. The Kier molecular flexibility index (Phi) is 7.56. The molecule has 0 saturated heterocycles. The fraction of sp³-hybridized carbons (Fsp3) is 0.400. The Bertz CT molecular complexity index is 1410. The third-order valence-electron chi connectivity index (χ3n) is 5.90. The number of carbonyl (C=O) groups is 1. The van der Waals surface area contributed by atoms with Crippen LogP contribution in [-0.2, 0) is 26.8 Å². The molecule has 3 rings (SSSR count). The Hall–Kier alpha value is -3.31. The molecule has 194 valence electrons. The summed E-state index contributed by atoms with van der Waals surface area (Å²) in [6, 6.07) is 5.98. The molecule has 0 bridgehead atoms. The Labute approximate surface area is 210 Å². The van der Waals surface area contributed by atoms with E-state index in [0.717, 1.165) is 0 Å². The van der Waals surface area contributed by atoms with E-state index in [1.165, 1.54) is 18.3 Å².